The summed E-state index contributed by atoms with van der Waals surface area (Å²) >= 11 is 0. The summed E-state index contributed by atoms with van der Waals surface area (Å²) in [6.07, 6.45) is 8.52. The van der Waals surface area contributed by atoms with E-state index in [-0.39, 0.29) is 5.92 Å². The van der Waals surface area contributed by atoms with Crippen LogP contribution in [0.1, 0.15) is 39.5 Å². The lowest BCUT2D eigenvalue weighted by molar-refractivity contribution is -0.0121. The number of rotatable bonds is 4. The molecule has 1 aliphatic rings. The number of nitriles is 1. The molecular weight excluding hydrogens is 174 g/mol. The summed E-state index contributed by atoms with van der Waals surface area (Å²) in [6.45, 7) is 4.01. The molecule has 0 spiro atoms. The molecule has 0 aliphatic heterocycles. The van der Waals surface area contributed by atoms with Gasteiger partial charge in [-0.15, -0.1) is 6.42 Å². The maximum Gasteiger partial charge on any atom is 0.146 e. The standard InChI is InChI=1S/C12H17NO/c1-4-10(5-2)12(14,6-3)11(9-13)7-8-11/h3,10,14H,4-5,7-8H2,1-2H3. The van der Waals surface area contributed by atoms with E-state index in [1.807, 2.05) is 13.8 Å². The zero-order valence-electron chi connectivity index (χ0n) is 8.88. The summed E-state index contributed by atoms with van der Waals surface area (Å²) in [5.41, 5.74) is -1.87. The summed E-state index contributed by atoms with van der Waals surface area (Å²) in [7, 11) is 0. The minimum atomic E-state index is -1.22. The molecule has 0 saturated heterocycles. The van der Waals surface area contributed by atoms with E-state index in [1.54, 1.807) is 0 Å². The number of aliphatic hydroxyl groups is 1. The summed E-state index contributed by atoms with van der Waals surface area (Å²) < 4.78 is 0. The predicted octanol–water partition coefficient (Wildman–Crippen LogP) is 2.09. The lowest BCUT2D eigenvalue weighted by Crippen LogP contribution is -2.44. The quantitative estimate of drug-likeness (QED) is 0.691. The second kappa shape index (κ2) is 3.64. The van der Waals surface area contributed by atoms with Gasteiger partial charge in [-0.25, -0.2) is 0 Å². The monoisotopic (exact) mass is 191 g/mol. The van der Waals surface area contributed by atoms with Gasteiger partial charge in [0, 0.05) is 5.92 Å². The Morgan fingerprint density at radius 1 is 1.50 bits per heavy atom. The van der Waals surface area contributed by atoms with Crippen molar-refractivity contribution >= 4 is 0 Å². The minimum Gasteiger partial charge on any atom is -0.376 e. The van der Waals surface area contributed by atoms with E-state index in [2.05, 4.69) is 12.0 Å². The average Bonchev–Trinajstić information content (AvgIpc) is 3.00. The first-order valence-corrected chi connectivity index (χ1v) is 5.21. The Balaban J connectivity index is 2.99. The first-order chi connectivity index (χ1) is 6.60. The highest BCUT2D eigenvalue weighted by Gasteiger charge is 2.61. The molecular formula is C12H17NO. The molecule has 1 unspecified atom stereocenters. The number of hydrogen-bond donors (Lipinski definition) is 1. The van der Waals surface area contributed by atoms with Gasteiger partial charge in [0.25, 0.3) is 0 Å². The van der Waals surface area contributed by atoms with Crippen LogP contribution in [-0.2, 0) is 0 Å². The zero-order chi connectivity index (χ0) is 10.8. The van der Waals surface area contributed by atoms with Crippen molar-refractivity contribution in [3.05, 3.63) is 0 Å². The molecule has 0 aromatic rings. The maximum absolute atomic E-state index is 10.4. The maximum atomic E-state index is 10.4. The smallest absolute Gasteiger partial charge is 0.146 e. The van der Waals surface area contributed by atoms with E-state index in [4.69, 9.17) is 11.7 Å². The fraction of sp³-hybridized carbons (Fsp3) is 0.750. The fourth-order valence-corrected chi connectivity index (χ4v) is 2.23. The Bertz CT molecular complexity index is 288. The van der Waals surface area contributed by atoms with Crippen LogP contribution in [0.4, 0.5) is 0 Å². The van der Waals surface area contributed by atoms with Crippen molar-refractivity contribution in [2.75, 3.05) is 0 Å². The average molecular weight is 191 g/mol. The Hall–Kier alpha value is -0.990. The third kappa shape index (κ3) is 1.31. The second-order valence-corrected chi connectivity index (χ2v) is 4.12. The molecule has 1 saturated carbocycles. The Morgan fingerprint density at radius 3 is 2.21 bits per heavy atom. The Labute approximate surface area is 85.9 Å². The molecule has 2 heteroatoms. The van der Waals surface area contributed by atoms with Crippen molar-refractivity contribution in [2.24, 2.45) is 11.3 Å². The molecule has 2 nitrogen and oxygen atoms in total. The molecule has 0 bridgehead atoms. The number of terminal acetylenes is 1. The highest BCUT2D eigenvalue weighted by atomic mass is 16.3. The topological polar surface area (TPSA) is 44.0 Å². The molecule has 76 valence electrons. The van der Waals surface area contributed by atoms with Gasteiger partial charge in [0.15, 0.2) is 0 Å². The van der Waals surface area contributed by atoms with Crippen LogP contribution in [0.5, 0.6) is 0 Å². The largest absolute Gasteiger partial charge is 0.376 e. The first-order valence-electron chi connectivity index (χ1n) is 5.21. The molecule has 1 fully saturated rings. The van der Waals surface area contributed by atoms with E-state index >= 15 is 0 Å². The van der Waals surface area contributed by atoms with E-state index in [9.17, 15) is 5.11 Å². The van der Waals surface area contributed by atoms with Crippen LogP contribution < -0.4 is 0 Å². The molecule has 0 aromatic carbocycles. The van der Waals surface area contributed by atoms with Gasteiger partial charge in [0.2, 0.25) is 0 Å². The van der Waals surface area contributed by atoms with Crippen LogP contribution in [0.3, 0.4) is 0 Å². The van der Waals surface area contributed by atoms with E-state index in [0.29, 0.717) is 0 Å². The molecule has 1 atom stereocenters. The molecule has 14 heavy (non-hydrogen) atoms. The van der Waals surface area contributed by atoms with Crippen LogP contribution in [0.2, 0.25) is 0 Å². The van der Waals surface area contributed by atoms with Crippen LogP contribution in [0, 0.1) is 35.0 Å². The normalized spacial score (nSPS) is 22.1. The van der Waals surface area contributed by atoms with Crippen LogP contribution >= 0.6 is 0 Å². The van der Waals surface area contributed by atoms with Crippen LogP contribution in [-0.4, -0.2) is 10.7 Å². The van der Waals surface area contributed by atoms with Gasteiger partial charge in [-0.1, -0.05) is 19.8 Å². The van der Waals surface area contributed by atoms with Gasteiger partial charge in [-0.3, -0.25) is 0 Å². The van der Waals surface area contributed by atoms with E-state index < -0.39 is 11.0 Å². The summed E-state index contributed by atoms with van der Waals surface area (Å²) in [5, 5.41) is 19.5. The van der Waals surface area contributed by atoms with Gasteiger partial charge < -0.3 is 5.11 Å². The molecule has 0 amide bonds. The molecule has 1 aliphatic carbocycles. The lowest BCUT2D eigenvalue weighted by atomic mass is 9.73. The molecule has 0 heterocycles. The van der Waals surface area contributed by atoms with Gasteiger partial charge in [-0.05, 0) is 25.7 Å². The van der Waals surface area contributed by atoms with Gasteiger partial charge in [0.05, 0.1) is 11.5 Å². The third-order valence-corrected chi connectivity index (χ3v) is 3.49. The van der Waals surface area contributed by atoms with Crippen LogP contribution in [0.25, 0.3) is 0 Å². The van der Waals surface area contributed by atoms with Crippen molar-refractivity contribution in [3.63, 3.8) is 0 Å². The van der Waals surface area contributed by atoms with Crippen molar-refractivity contribution in [3.8, 4) is 18.4 Å². The van der Waals surface area contributed by atoms with Crippen molar-refractivity contribution in [1.82, 2.24) is 0 Å². The molecule has 0 aromatic heterocycles. The van der Waals surface area contributed by atoms with E-state index in [1.165, 1.54) is 0 Å². The molecule has 1 rings (SSSR count). The van der Waals surface area contributed by atoms with Gasteiger partial charge in [0.1, 0.15) is 5.60 Å². The fourth-order valence-electron chi connectivity index (χ4n) is 2.23. The first kappa shape index (κ1) is 11.1. The summed E-state index contributed by atoms with van der Waals surface area (Å²) in [6, 6.07) is 2.20. The number of nitrogens with zero attached hydrogens (tertiary/aromatic N) is 1. The predicted molar refractivity (Wildman–Crippen MR) is 55.1 cm³/mol. The Morgan fingerprint density at radius 2 is 2.00 bits per heavy atom. The van der Waals surface area contributed by atoms with Crippen molar-refractivity contribution in [2.45, 2.75) is 45.1 Å². The van der Waals surface area contributed by atoms with Crippen molar-refractivity contribution in [1.29, 1.82) is 5.26 Å². The summed E-state index contributed by atoms with van der Waals surface area (Å²) in [5.74, 6) is 2.50. The SMILES string of the molecule is C#CC(O)(C(CC)CC)C1(C#N)CC1. The third-order valence-electron chi connectivity index (χ3n) is 3.49. The highest BCUT2D eigenvalue weighted by molar-refractivity contribution is 5.31. The minimum absolute atomic E-state index is 0.0367. The lowest BCUT2D eigenvalue weighted by Gasteiger charge is -2.34. The summed E-state index contributed by atoms with van der Waals surface area (Å²) in [4.78, 5) is 0. The zero-order valence-corrected chi connectivity index (χ0v) is 8.88. The Kier molecular flexibility index (Phi) is 2.88. The highest BCUT2D eigenvalue weighted by Crippen LogP contribution is 2.57. The van der Waals surface area contributed by atoms with Gasteiger partial charge >= 0.3 is 0 Å². The van der Waals surface area contributed by atoms with Crippen molar-refractivity contribution < 1.29 is 5.11 Å². The second-order valence-electron chi connectivity index (χ2n) is 4.12. The number of hydrogen-bond acceptors (Lipinski definition) is 2. The molecule has 0 radical (unpaired) electrons. The molecule has 1 N–H and O–H groups in total. The van der Waals surface area contributed by atoms with Crippen LogP contribution in [0.15, 0.2) is 0 Å². The van der Waals surface area contributed by atoms with E-state index in [0.717, 1.165) is 25.7 Å². The van der Waals surface area contributed by atoms with Gasteiger partial charge in [-0.2, -0.15) is 5.26 Å².